The highest BCUT2D eigenvalue weighted by Crippen LogP contribution is 2.32. The molecule has 1 aromatic heterocycles. The minimum absolute atomic E-state index is 0.173. The Morgan fingerprint density at radius 3 is 2.88 bits per heavy atom. The fourth-order valence-electron chi connectivity index (χ4n) is 1.82. The van der Waals surface area contributed by atoms with Crippen LogP contribution in [0.4, 0.5) is 5.69 Å². The van der Waals surface area contributed by atoms with E-state index in [0.29, 0.717) is 17.3 Å². The third-order valence-electron chi connectivity index (χ3n) is 3.14. The largest absolute Gasteiger partial charge is 0.395 e. The van der Waals surface area contributed by atoms with Crippen LogP contribution < -0.4 is 11.1 Å². The molecule has 5 nitrogen and oxygen atoms in total. The van der Waals surface area contributed by atoms with Gasteiger partial charge in [-0.3, -0.25) is 9.89 Å². The Labute approximate surface area is 94.8 Å². The number of anilines is 1. The van der Waals surface area contributed by atoms with Gasteiger partial charge >= 0.3 is 0 Å². The van der Waals surface area contributed by atoms with E-state index in [-0.39, 0.29) is 11.9 Å². The van der Waals surface area contributed by atoms with E-state index in [9.17, 15) is 4.79 Å². The van der Waals surface area contributed by atoms with Gasteiger partial charge < -0.3 is 11.1 Å². The summed E-state index contributed by atoms with van der Waals surface area (Å²) in [6, 6.07) is 0.216. The quantitative estimate of drug-likeness (QED) is 0.712. The van der Waals surface area contributed by atoms with Crippen molar-refractivity contribution in [1.29, 1.82) is 0 Å². The van der Waals surface area contributed by atoms with Gasteiger partial charge in [-0.2, -0.15) is 5.10 Å². The number of nitrogens with zero attached hydrogens (tertiary/aromatic N) is 1. The Morgan fingerprint density at radius 2 is 2.38 bits per heavy atom. The lowest BCUT2D eigenvalue weighted by Gasteiger charge is -2.11. The molecule has 5 heteroatoms. The Bertz CT molecular complexity index is 395. The van der Waals surface area contributed by atoms with Gasteiger partial charge in [0.2, 0.25) is 0 Å². The first-order valence-electron chi connectivity index (χ1n) is 5.77. The van der Waals surface area contributed by atoms with Crippen LogP contribution in [0.25, 0.3) is 0 Å². The summed E-state index contributed by atoms with van der Waals surface area (Å²) in [7, 11) is 0. The zero-order valence-electron chi connectivity index (χ0n) is 9.71. The van der Waals surface area contributed by atoms with Crippen LogP contribution in [-0.2, 0) is 6.42 Å². The Balaban J connectivity index is 2.04. The summed E-state index contributed by atoms with van der Waals surface area (Å²) in [4.78, 5) is 11.9. The van der Waals surface area contributed by atoms with Crippen molar-refractivity contribution < 1.29 is 4.79 Å². The normalized spacial score (nSPS) is 17.1. The van der Waals surface area contributed by atoms with Gasteiger partial charge in [-0.1, -0.05) is 6.92 Å². The highest BCUT2D eigenvalue weighted by atomic mass is 16.2. The molecular formula is C11H18N4O. The van der Waals surface area contributed by atoms with E-state index in [1.165, 1.54) is 12.8 Å². The first kappa shape index (κ1) is 11.0. The van der Waals surface area contributed by atoms with Gasteiger partial charge in [0, 0.05) is 6.04 Å². The molecule has 0 aliphatic heterocycles. The number of H-pyrrole nitrogens is 1. The van der Waals surface area contributed by atoms with Crippen LogP contribution in [-0.4, -0.2) is 22.1 Å². The lowest BCUT2D eigenvalue weighted by Crippen LogP contribution is -2.34. The van der Waals surface area contributed by atoms with Crippen molar-refractivity contribution in [2.75, 3.05) is 5.73 Å². The van der Waals surface area contributed by atoms with Gasteiger partial charge in [0.1, 0.15) is 0 Å². The number of carbonyl (C=O) groups excluding carboxylic acids is 1. The molecule has 1 heterocycles. The second-order valence-electron chi connectivity index (χ2n) is 4.42. The molecule has 1 aliphatic carbocycles. The highest BCUT2D eigenvalue weighted by Gasteiger charge is 2.30. The van der Waals surface area contributed by atoms with Gasteiger partial charge in [-0.15, -0.1) is 0 Å². The molecule has 1 aromatic rings. The minimum atomic E-state index is -0.173. The second kappa shape index (κ2) is 4.15. The Kier molecular flexibility index (Phi) is 2.85. The average molecular weight is 222 g/mol. The number of aromatic nitrogens is 2. The van der Waals surface area contributed by atoms with Crippen molar-refractivity contribution in [1.82, 2.24) is 15.5 Å². The second-order valence-corrected chi connectivity index (χ2v) is 4.42. The van der Waals surface area contributed by atoms with Crippen molar-refractivity contribution in [3.8, 4) is 0 Å². The third kappa shape index (κ3) is 2.03. The van der Waals surface area contributed by atoms with Crippen molar-refractivity contribution in [3.05, 3.63) is 11.4 Å². The molecule has 1 saturated carbocycles. The standard InChI is InChI=1S/C11H18N4O/c1-3-8-9(12)10(15-14-8)11(16)13-6(2)7-4-5-7/h6-7H,3-5,12H2,1-2H3,(H,13,16)(H,14,15). The summed E-state index contributed by atoms with van der Waals surface area (Å²) >= 11 is 0. The molecule has 1 aliphatic rings. The van der Waals surface area contributed by atoms with E-state index in [0.717, 1.165) is 12.1 Å². The molecule has 1 unspecified atom stereocenters. The number of aromatic amines is 1. The summed E-state index contributed by atoms with van der Waals surface area (Å²) < 4.78 is 0. The van der Waals surface area contributed by atoms with Crippen molar-refractivity contribution in [2.45, 2.75) is 39.2 Å². The predicted molar refractivity (Wildman–Crippen MR) is 62.0 cm³/mol. The topological polar surface area (TPSA) is 83.8 Å². The molecule has 1 amide bonds. The lowest BCUT2D eigenvalue weighted by molar-refractivity contribution is 0.0931. The van der Waals surface area contributed by atoms with E-state index in [4.69, 9.17) is 5.73 Å². The van der Waals surface area contributed by atoms with Crippen LogP contribution in [0.1, 0.15) is 42.9 Å². The summed E-state index contributed by atoms with van der Waals surface area (Å²) in [6.45, 7) is 4.00. The van der Waals surface area contributed by atoms with Crippen LogP contribution in [0, 0.1) is 5.92 Å². The third-order valence-corrected chi connectivity index (χ3v) is 3.14. The number of nitrogens with one attached hydrogen (secondary N) is 2. The van der Waals surface area contributed by atoms with E-state index in [1.54, 1.807) is 0 Å². The fraction of sp³-hybridized carbons (Fsp3) is 0.636. The van der Waals surface area contributed by atoms with Crippen LogP contribution in [0.15, 0.2) is 0 Å². The zero-order chi connectivity index (χ0) is 11.7. The van der Waals surface area contributed by atoms with Crippen LogP contribution in [0.5, 0.6) is 0 Å². The van der Waals surface area contributed by atoms with Gasteiger partial charge in [-0.25, -0.2) is 0 Å². The molecule has 88 valence electrons. The van der Waals surface area contributed by atoms with Crippen molar-refractivity contribution in [2.24, 2.45) is 5.92 Å². The molecule has 0 bridgehead atoms. The molecule has 1 fully saturated rings. The molecule has 4 N–H and O–H groups in total. The maximum atomic E-state index is 11.9. The summed E-state index contributed by atoms with van der Waals surface area (Å²) in [6.07, 6.45) is 3.17. The number of hydrogen-bond acceptors (Lipinski definition) is 3. The molecule has 16 heavy (non-hydrogen) atoms. The molecular weight excluding hydrogens is 204 g/mol. The zero-order valence-corrected chi connectivity index (χ0v) is 9.71. The number of nitrogen functional groups attached to an aromatic ring is 1. The summed E-state index contributed by atoms with van der Waals surface area (Å²) in [5.74, 6) is 0.461. The maximum absolute atomic E-state index is 11.9. The SMILES string of the molecule is CCc1[nH]nc(C(=O)NC(C)C2CC2)c1N. The first-order valence-corrected chi connectivity index (χ1v) is 5.77. The molecule has 0 aromatic carbocycles. The number of nitrogens with two attached hydrogens (primary N) is 1. The molecule has 1 atom stereocenters. The van der Waals surface area contributed by atoms with E-state index < -0.39 is 0 Å². The fourth-order valence-corrected chi connectivity index (χ4v) is 1.82. The molecule has 2 rings (SSSR count). The summed E-state index contributed by atoms with van der Waals surface area (Å²) in [5.41, 5.74) is 7.45. The van der Waals surface area contributed by atoms with Crippen LogP contribution in [0.3, 0.4) is 0 Å². The Morgan fingerprint density at radius 1 is 1.69 bits per heavy atom. The first-order chi connectivity index (χ1) is 7.63. The predicted octanol–water partition coefficient (Wildman–Crippen LogP) is 1.08. The minimum Gasteiger partial charge on any atom is -0.395 e. The van der Waals surface area contributed by atoms with E-state index in [1.807, 2.05) is 13.8 Å². The summed E-state index contributed by atoms with van der Waals surface area (Å²) in [5, 5.41) is 9.68. The van der Waals surface area contributed by atoms with Crippen molar-refractivity contribution >= 4 is 11.6 Å². The van der Waals surface area contributed by atoms with E-state index >= 15 is 0 Å². The van der Waals surface area contributed by atoms with Gasteiger partial charge in [-0.05, 0) is 32.1 Å². The van der Waals surface area contributed by atoms with Gasteiger partial charge in [0.15, 0.2) is 5.69 Å². The maximum Gasteiger partial charge on any atom is 0.274 e. The lowest BCUT2D eigenvalue weighted by atomic mass is 10.2. The number of amides is 1. The number of aryl methyl sites for hydroxylation is 1. The highest BCUT2D eigenvalue weighted by molar-refractivity contribution is 5.97. The average Bonchev–Trinajstić information content (AvgIpc) is 3.02. The van der Waals surface area contributed by atoms with Gasteiger partial charge in [0.05, 0.1) is 11.4 Å². The van der Waals surface area contributed by atoms with Gasteiger partial charge in [0.25, 0.3) is 5.91 Å². The van der Waals surface area contributed by atoms with Crippen LogP contribution in [0.2, 0.25) is 0 Å². The number of rotatable bonds is 4. The van der Waals surface area contributed by atoms with Crippen LogP contribution >= 0.6 is 0 Å². The molecule has 0 spiro atoms. The molecule has 0 radical (unpaired) electrons. The van der Waals surface area contributed by atoms with E-state index in [2.05, 4.69) is 15.5 Å². The monoisotopic (exact) mass is 222 g/mol. The van der Waals surface area contributed by atoms with Crippen molar-refractivity contribution in [3.63, 3.8) is 0 Å². The number of hydrogen-bond donors (Lipinski definition) is 3. The number of carbonyl (C=O) groups is 1. The smallest absolute Gasteiger partial charge is 0.274 e. The molecule has 0 saturated heterocycles. The Hall–Kier alpha value is -1.52.